The van der Waals surface area contributed by atoms with Gasteiger partial charge in [-0.1, -0.05) is 32.1 Å². The summed E-state index contributed by atoms with van der Waals surface area (Å²) in [5.74, 6) is -1.82. The van der Waals surface area contributed by atoms with Crippen LogP contribution < -0.4 is 5.73 Å². The predicted octanol–water partition coefficient (Wildman–Crippen LogP) is 1.26. The molecule has 5 heteroatoms. The summed E-state index contributed by atoms with van der Waals surface area (Å²) in [6.07, 6.45) is 5.98. The van der Waals surface area contributed by atoms with E-state index in [1.807, 2.05) is 6.92 Å². The zero-order valence-electron chi connectivity index (χ0n) is 9.75. The van der Waals surface area contributed by atoms with Gasteiger partial charge in [0.25, 0.3) is 0 Å². The van der Waals surface area contributed by atoms with Gasteiger partial charge in [0.2, 0.25) is 0 Å². The van der Waals surface area contributed by atoms with Crippen molar-refractivity contribution in [2.75, 3.05) is 0 Å². The third kappa shape index (κ3) is 12.4. The number of carboxylic acid groups (broad SMARTS) is 2. The predicted molar refractivity (Wildman–Crippen MR) is 62.0 cm³/mol. The molecule has 0 aliphatic rings. The largest absolute Gasteiger partial charge is 0.480 e. The molecule has 4 N–H and O–H groups in total. The Bertz CT molecular complexity index is 269. The SMILES string of the molecule is C/C=C/C=C/C(=O)O.CC(C)[C@H](N)C(=O)O. The third-order valence-electron chi connectivity index (χ3n) is 1.55. The minimum atomic E-state index is -0.931. The number of carbonyl (C=O) groups is 2. The first-order chi connectivity index (χ1) is 7.32. The van der Waals surface area contributed by atoms with Gasteiger partial charge in [-0.2, -0.15) is 0 Å². The lowest BCUT2D eigenvalue weighted by Crippen LogP contribution is -2.34. The van der Waals surface area contributed by atoms with Crippen LogP contribution in [0.2, 0.25) is 0 Å². The molecule has 0 radical (unpaired) electrons. The van der Waals surface area contributed by atoms with E-state index in [0.717, 1.165) is 6.08 Å². The molecule has 0 unspecified atom stereocenters. The van der Waals surface area contributed by atoms with Crippen molar-refractivity contribution in [2.45, 2.75) is 26.8 Å². The lowest BCUT2D eigenvalue weighted by Gasteiger charge is -2.07. The Kier molecular flexibility index (Phi) is 10.4. The molecule has 0 heterocycles. The van der Waals surface area contributed by atoms with Gasteiger partial charge in [-0.15, -0.1) is 0 Å². The second-order valence-corrected chi connectivity index (χ2v) is 3.33. The molecule has 0 saturated heterocycles. The fourth-order valence-electron chi connectivity index (χ4n) is 0.534. The Hall–Kier alpha value is -1.62. The van der Waals surface area contributed by atoms with Crippen molar-refractivity contribution in [2.24, 2.45) is 11.7 Å². The van der Waals surface area contributed by atoms with Crippen LogP contribution in [0.4, 0.5) is 0 Å². The smallest absolute Gasteiger partial charge is 0.328 e. The van der Waals surface area contributed by atoms with Crippen molar-refractivity contribution < 1.29 is 19.8 Å². The molecule has 0 spiro atoms. The molecule has 92 valence electrons. The number of allylic oxidation sites excluding steroid dienone is 3. The topological polar surface area (TPSA) is 101 Å². The summed E-state index contributed by atoms with van der Waals surface area (Å²) in [5.41, 5.74) is 5.16. The van der Waals surface area contributed by atoms with Gasteiger partial charge in [0, 0.05) is 6.08 Å². The highest BCUT2D eigenvalue weighted by Gasteiger charge is 2.14. The molecule has 0 aromatic heterocycles. The van der Waals surface area contributed by atoms with Crippen LogP contribution in [0, 0.1) is 5.92 Å². The number of carboxylic acids is 2. The van der Waals surface area contributed by atoms with E-state index in [1.54, 1.807) is 26.0 Å². The zero-order valence-corrected chi connectivity index (χ0v) is 9.75. The van der Waals surface area contributed by atoms with Crippen LogP contribution in [0.15, 0.2) is 24.3 Å². The first kappa shape index (κ1) is 16.8. The standard InChI is InChI=1S/C6H8O2.C5H11NO2/c1-2-3-4-5-6(7)8;1-3(2)4(6)5(7)8/h2-5H,1H3,(H,7,8);3-4H,6H2,1-2H3,(H,7,8)/b3-2+,5-4+;/t;4-/m.0/s1. The van der Waals surface area contributed by atoms with E-state index in [4.69, 9.17) is 15.9 Å². The molecule has 0 aliphatic carbocycles. The van der Waals surface area contributed by atoms with Crippen molar-refractivity contribution in [1.29, 1.82) is 0 Å². The van der Waals surface area contributed by atoms with Crippen molar-refractivity contribution in [3.8, 4) is 0 Å². The van der Waals surface area contributed by atoms with Crippen molar-refractivity contribution >= 4 is 11.9 Å². The number of rotatable bonds is 4. The molecule has 0 rings (SSSR count). The van der Waals surface area contributed by atoms with Gasteiger partial charge in [-0.3, -0.25) is 4.79 Å². The quantitative estimate of drug-likeness (QED) is 0.497. The normalized spacial score (nSPS) is 12.6. The van der Waals surface area contributed by atoms with Crippen LogP contribution >= 0.6 is 0 Å². The highest BCUT2D eigenvalue weighted by Crippen LogP contribution is 1.96. The van der Waals surface area contributed by atoms with E-state index in [9.17, 15) is 9.59 Å². The van der Waals surface area contributed by atoms with Crippen molar-refractivity contribution in [3.05, 3.63) is 24.3 Å². The third-order valence-corrected chi connectivity index (χ3v) is 1.55. The summed E-state index contributed by atoms with van der Waals surface area (Å²) < 4.78 is 0. The van der Waals surface area contributed by atoms with Crippen LogP contribution in [0.5, 0.6) is 0 Å². The van der Waals surface area contributed by atoms with Crippen molar-refractivity contribution in [3.63, 3.8) is 0 Å². The summed E-state index contributed by atoms with van der Waals surface area (Å²) in [6, 6.07) is -0.713. The zero-order chi connectivity index (χ0) is 13.1. The highest BCUT2D eigenvalue weighted by molar-refractivity contribution is 5.80. The molecule has 0 fully saturated rings. The van der Waals surface area contributed by atoms with Crippen molar-refractivity contribution in [1.82, 2.24) is 0 Å². The number of nitrogens with two attached hydrogens (primary N) is 1. The van der Waals surface area contributed by atoms with Gasteiger partial charge in [0.1, 0.15) is 6.04 Å². The summed E-state index contributed by atoms with van der Waals surface area (Å²) in [5, 5.41) is 16.2. The maximum atomic E-state index is 10.0. The molecule has 5 nitrogen and oxygen atoms in total. The lowest BCUT2D eigenvalue weighted by molar-refractivity contribution is -0.139. The second kappa shape index (κ2) is 9.92. The molecule has 1 atom stereocenters. The van der Waals surface area contributed by atoms with Crippen LogP contribution in [0.3, 0.4) is 0 Å². The molecule has 0 saturated carbocycles. The first-order valence-corrected chi connectivity index (χ1v) is 4.83. The fraction of sp³-hybridized carbons (Fsp3) is 0.455. The molecule has 0 aliphatic heterocycles. The van der Waals surface area contributed by atoms with E-state index in [0.29, 0.717) is 0 Å². The van der Waals surface area contributed by atoms with Crippen LogP contribution in [0.25, 0.3) is 0 Å². The minimum absolute atomic E-state index is 0.0208. The van der Waals surface area contributed by atoms with Gasteiger partial charge in [-0.25, -0.2) is 4.79 Å². The van der Waals surface area contributed by atoms with Crippen LogP contribution in [-0.4, -0.2) is 28.2 Å². The number of aliphatic carboxylic acids is 2. The van der Waals surface area contributed by atoms with E-state index < -0.39 is 18.0 Å². The van der Waals surface area contributed by atoms with Gasteiger partial charge in [0.05, 0.1) is 0 Å². The van der Waals surface area contributed by atoms with E-state index in [2.05, 4.69) is 0 Å². The average Bonchev–Trinajstić information content (AvgIpc) is 2.17. The highest BCUT2D eigenvalue weighted by atomic mass is 16.4. The monoisotopic (exact) mass is 229 g/mol. The molecular weight excluding hydrogens is 210 g/mol. The number of hydrogen-bond acceptors (Lipinski definition) is 3. The van der Waals surface area contributed by atoms with E-state index in [-0.39, 0.29) is 5.92 Å². The van der Waals surface area contributed by atoms with E-state index in [1.165, 1.54) is 6.08 Å². The molecule has 0 aromatic carbocycles. The molecule has 16 heavy (non-hydrogen) atoms. The summed E-state index contributed by atoms with van der Waals surface area (Å²) in [7, 11) is 0. The fourth-order valence-corrected chi connectivity index (χ4v) is 0.534. The maximum Gasteiger partial charge on any atom is 0.328 e. The molecule has 0 aromatic rings. The van der Waals surface area contributed by atoms with Gasteiger partial charge in [-0.05, 0) is 12.8 Å². The molecule has 0 bridgehead atoms. The Balaban J connectivity index is 0. The maximum absolute atomic E-state index is 10.0. The van der Waals surface area contributed by atoms with Gasteiger partial charge >= 0.3 is 11.9 Å². The summed E-state index contributed by atoms with van der Waals surface area (Å²) in [4.78, 5) is 19.8. The second-order valence-electron chi connectivity index (χ2n) is 3.33. The van der Waals surface area contributed by atoms with Gasteiger partial charge in [0.15, 0.2) is 0 Å². The summed E-state index contributed by atoms with van der Waals surface area (Å²) >= 11 is 0. The number of hydrogen-bond donors (Lipinski definition) is 3. The first-order valence-electron chi connectivity index (χ1n) is 4.83. The van der Waals surface area contributed by atoms with Crippen LogP contribution in [0.1, 0.15) is 20.8 Å². The summed E-state index contributed by atoms with van der Waals surface area (Å²) in [6.45, 7) is 5.38. The minimum Gasteiger partial charge on any atom is -0.480 e. The molecule has 0 amide bonds. The van der Waals surface area contributed by atoms with E-state index >= 15 is 0 Å². The lowest BCUT2D eigenvalue weighted by atomic mass is 10.1. The van der Waals surface area contributed by atoms with Gasteiger partial charge < -0.3 is 15.9 Å². The Morgan fingerprint density at radius 3 is 1.88 bits per heavy atom. The average molecular weight is 229 g/mol. The van der Waals surface area contributed by atoms with Crippen LogP contribution in [-0.2, 0) is 9.59 Å². The Morgan fingerprint density at radius 2 is 1.69 bits per heavy atom. The Labute approximate surface area is 95.3 Å². The Morgan fingerprint density at radius 1 is 1.19 bits per heavy atom. The molecular formula is C11H19NO4.